The maximum absolute atomic E-state index is 5.52. The number of hydrogen-bond acceptors (Lipinski definition) is 4. The number of benzene rings is 4. The van der Waals surface area contributed by atoms with Gasteiger partial charge in [-0.05, 0) is 136 Å². The summed E-state index contributed by atoms with van der Waals surface area (Å²) in [6.45, 7) is 4.53. The van der Waals surface area contributed by atoms with E-state index in [0.717, 1.165) is 60.2 Å². The Hall–Kier alpha value is -5.89. The lowest BCUT2D eigenvalue weighted by molar-refractivity contribution is 0.654. The Morgan fingerprint density at radius 2 is 1.65 bits per heavy atom. The molecule has 5 heteroatoms. The average Bonchev–Trinajstić information content (AvgIpc) is 3.58. The van der Waals surface area contributed by atoms with Crippen molar-refractivity contribution < 1.29 is 0 Å². The van der Waals surface area contributed by atoms with Gasteiger partial charge in [0.2, 0.25) is 5.95 Å². The van der Waals surface area contributed by atoms with E-state index in [9.17, 15) is 0 Å². The third kappa shape index (κ3) is 6.49. The second kappa shape index (κ2) is 15.4. The van der Waals surface area contributed by atoms with Crippen molar-refractivity contribution in [3.63, 3.8) is 0 Å². The minimum atomic E-state index is -0.268. The number of thiophene rings is 1. The Morgan fingerprint density at radius 1 is 0.794 bits per heavy atom. The fourth-order valence-electron chi connectivity index (χ4n) is 10.6. The zero-order valence-corrected chi connectivity index (χ0v) is 38.5. The normalized spacial score (nSPS) is 21.8. The molecular formula is C58H46IN3S. The second-order valence-electron chi connectivity index (χ2n) is 17.8. The first-order valence-electron chi connectivity index (χ1n) is 22.3. The van der Waals surface area contributed by atoms with Crippen LogP contribution in [0.1, 0.15) is 78.6 Å². The number of anilines is 1. The molecule has 4 aromatic carbocycles. The summed E-state index contributed by atoms with van der Waals surface area (Å²) in [5.74, 6) is 1.28. The quantitative estimate of drug-likeness (QED) is 0.127. The highest BCUT2D eigenvalue weighted by atomic mass is 127. The van der Waals surface area contributed by atoms with Crippen LogP contribution < -0.4 is 14.7 Å². The summed E-state index contributed by atoms with van der Waals surface area (Å²) in [5, 5.41) is 2.45. The maximum atomic E-state index is 5.52. The minimum absolute atomic E-state index is 0.0264. The Labute approximate surface area is 387 Å². The van der Waals surface area contributed by atoms with Gasteiger partial charge in [-0.3, -0.25) is 0 Å². The van der Waals surface area contributed by atoms with Crippen molar-refractivity contribution in [2.75, 3.05) is 4.90 Å². The van der Waals surface area contributed by atoms with Gasteiger partial charge in [0.25, 0.3) is 0 Å². The standard InChI is InChI=1S/C58H46IN3S/c1-36-12-9-14-40(32-36)41-15-11-16-44(35-41)55-48-19-5-7-22-51(48)60-57(61-55)62-52-23-8-6-21-50(52)58(59)49-30-28-42(34-43(49)29-31-54(58)62)38-24-26-39(27-25-38)45-17-3-4-18-47-46-20-10-13-37(2)33-53(46)63-56(45)47/h3,5,7-12,14-20,22-31,33-36,54H,4,6,13,21,32H2,1-2H3/t36?,54-,58?/m1/s1. The molecule has 12 rings (SSSR count). The number of para-hydroxylation sites is 1. The van der Waals surface area contributed by atoms with Crippen LogP contribution in [0.25, 0.3) is 68.7 Å². The molecule has 0 bridgehead atoms. The lowest BCUT2D eigenvalue weighted by Crippen LogP contribution is -2.42. The van der Waals surface area contributed by atoms with Crippen molar-refractivity contribution in [1.82, 2.24) is 9.97 Å². The molecule has 0 spiro atoms. The number of alkyl halides is 1. The summed E-state index contributed by atoms with van der Waals surface area (Å²) in [7, 11) is 0. The Morgan fingerprint density at radius 3 is 2.56 bits per heavy atom. The first kappa shape index (κ1) is 38.8. The summed E-state index contributed by atoms with van der Waals surface area (Å²) in [5.41, 5.74) is 18.8. The first-order valence-corrected chi connectivity index (χ1v) is 24.2. The van der Waals surface area contributed by atoms with Crippen LogP contribution in [-0.2, 0) is 3.42 Å². The average molecular weight is 944 g/mol. The number of fused-ring (bicyclic) bond motifs is 8. The molecule has 0 amide bonds. The van der Waals surface area contributed by atoms with Gasteiger partial charge in [0.15, 0.2) is 0 Å². The van der Waals surface area contributed by atoms with Crippen molar-refractivity contribution in [3.05, 3.63) is 205 Å². The molecule has 0 N–H and O–H groups in total. The molecule has 1 aliphatic heterocycles. The largest absolute Gasteiger partial charge is 0.302 e. The summed E-state index contributed by atoms with van der Waals surface area (Å²) in [6, 6.07) is 33.9. The van der Waals surface area contributed by atoms with E-state index >= 15 is 0 Å². The van der Waals surface area contributed by atoms with Crippen molar-refractivity contribution in [1.29, 1.82) is 0 Å². The Balaban J connectivity index is 0.910. The fourth-order valence-corrected chi connectivity index (χ4v) is 13.5. The molecular weight excluding hydrogens is 898 g/mol. The van der Waals surface area contributed by atoms with Crippen molar-refractivity contribution >= 4 is 86.2 Å². The summed E-state index contributed by atoms with van der Waals surface area (Å²) in [4.78, 5) is 14.7. The highest BCUT2D eigenvalue weighted by molar-refractivity contribution is 14.1. The lowest BCUT2D eigenvalue weighted by Gasteiger charge is -2.38. The first-order chi connectivity index (χ1) is 30.9. The molecule has 0 fully saturated rings. The van der Waals surface area contributed by atoms with Crippen LogP contribution in [0, 0.1) is 5.92 Å². The van der Waals surface area contributed by atoms with Gasteiger partial charge in [-0.2, -0.15) is 0 Å². The van der Waals surface area contributed by atoms with Gasteiger partial charge in [-0.15, -0.1) is 11.3 Å². The number of aromatic nitrogens is 2. The number of rotatable bonds is 5. The number of halogens is 1. The Kier molecular flexibility index (Phi) is 9.49. The highest BCUT2D eigenvalue weighted by Crippen LogP contribution is 2.58. The molecule has 0 saturated heterocycles. The summed E-state index contributed by atoms with van der Waals surface area (Å²) < 4.78 is 1.10. The van der Waals surface area contributed by atoms with Gasteiger partial charge >= 0.3 is 0 Å². The predicted octanol–water partition coefficient (Wildman–Crippen LogP) is 13.9. The van der Waals surface area contributed by atoms with E-state index in [0.29, 0.717) is 5.92 Å². The van der Waals surface area contributed by atoms with Gasteiger partial charge in [-0.25, -0.2) is 9.97 Å². The molecule has 2 aromatic heterocycles. The van der Waals surface area contributed by atoms with Gasteiger partial charge in [0.05, 0.1) is 20.7 Å². The number of nitrogens with zero attached hydrogens (tertiary/aromatic N) is 3. The maximum Gasteiger partial charge on any atom is 0.231 e. The monoisotopic (exact) mass is 943 g/mol. The van der Waals surface area contributed by atoms with E-state index in [2.05, 4.69) is 211 Å². The van der Waals surface area contributed by atoms with E-state index in [4.69, 9.17) is 9.97 Å². The summed E-state index contributed by atoms with van der Waals surface area (Å²) >= 11 is 4.71. The van der Waals surface area contributed by atoms with Gasteiger partial charge in [-0.1, -0.05) is 175 Å². The topological polar surface area (TPSA) is 29.0 Å². The van der Waals surface area contributed by atoms with Crippen LogP contribution in [0.2, 0.25) is 0 Å². The van der Waals surface area contributed by atoms with E-state index in [-0.39, 0.29) is 9.46 Å². The predicted molar refractivity (Wildman–Crippen MR) is 276 cm³/mol. The van der Waals surface area contributed by atoms with Crippen LogP contribution in [0.5, 0.6) is 0 Å². The van der Waals surface area contributed by atoms with Crippen molar-refractivity contribution in [2.24, 2.45) is 5.92 Å². The van der Waals surface area contributed by atoms with Crippen molar-refractivity contribution in [3.8, 4) is 22.4 Å². The van der Waals surface area contributed by atoms with Crippen LogP contribution in [-0.4, -0.2) is 16.0 Å². The third-order valence-electron chi connectivity index (χ3n) is 13.7. The fraction of sp³-hybridized carbons (Fsp3) is 0.172. The molecule has 6 aromatic rings. The van der Waals surface area contributed by atoms with Gasteiger partial charge < -0.3 is 4.90 Å². The van der Waals surface area contributed by atoms with Crippen LogP contribution >= 0.6 is 33.9 Å². The third-order valence-corrected chi connectivity index (χ3v) is 16.7. The van der Waals surface area contributed by atoms with Crippen LogP contribution in [0.3, 0.4) is 0 Å². The van der Waals surface area contributed by atoms with E-state index in [1.165, 1.54) is 81.6 Å². The molecule has 6 aliphatic rings. The SMILES string of the molecule is CC1=Cc2sc3c(c2C=CC1)=CCC=CC=3c1ccc(-c2ccc3c(c2)C=C[C@H]2N(c4nc(-c5cccc(C6=CC=CC(C)C6)c5)c5ccccc5n4)C4=C(CCC=C4)C32I)cc1. The summed E-state index contributed by atoms with van der Waals surface area (Å²) in [6.07, 6.45) is 35.3. The highest BCUT2D eigenvalue weighted by Gasteiger charge is 2.54. The lowest BCUT2D eigenvalue weighted by atomic mass is 9.77. The minimum Gasteiger partial charge on any atom is -0.302 e. The molecule has 3 nitrogen and oxygen atoms in total. The number of allylic oxidation sites excluding steroid dienone is 10. The molecule has 3 heterocycles. The van der Waals surface area contributed by atoms with E-state index in [1.54, 1.807) is 0 Å². The zero-order valence-electron chi connectivity index (χ0n) is 35.5. The Bertz CT molecular complexity index is 3310. The van der Waals surface area contributed by atoms with Crippen molar-refractivity contribution in [2.45, 2.75) is 55.4 Å². The smallest absolute Gasteiger partial charge is 0.231 e. The molecule has 5 aliphatic carbocycles. The molecule has 2 unspecified atom stereocenters. The van der Waals surface area contributed by atoms with Crippen LogP contribution in [0.4, 0.5) is 5.95 Å². The molecule has 306 valence electrons. The molecule has 0 saturated carbocycles. The zero-order chi connectivity index (χ0) is 42.2. The van der Waals surface area contributed by atoms with Gasteiger partial charge in [0, 0.05) is 26.1 Å². The molecule has 3 atom stereocenters. The molecule has 0 radical (unpaired) electrons. The second-order valence-corrected chi connectivity index (χ2v) is 20.5. The van der Waals surface area contributed by atoms with E-state index < -0.39 is 0 Å². The van der Waals surface area contributed by atoms with Gasteiger partial charge in [0.1, 0.15) is 0 Å². The van der Waals surface area contributed by atoms with Crippen LogP contribution in [0.15, 0.2) is 163 Å². The molecule has 63 heavy (non-hydrogen) atoms. The number of hydrogen-bond donors (Lipinski definition) is 0. The van der Waals surface area contributed by atoms with E-state index in [1.807, 2.05) is 11.3 Å².